The molecular formula is C21H20ClN3OS. The van der Waals surface area contributed by atoms with E-state index in [1.165, 1.54) is 16.9 Å². The highest BCUT2D eigenvalue weighted by Gasteiger charge is 2.11. The van der Waals surface area contributed by atoms with Gasteiger partial charge in [0.25, 0.3) is 0 Å². The number of nitrogens with one attached hydrogen (secondary N) is 1. The molecule has 1 atom stereocenters. The summed E-state index contributed by atoms with van der Waals surface area (Å²) in [5.41, 5.74) is 5.02. The Morgan fingerprint density at radius 1 is 1.19 bits per heavy atom. The predicted molar refractivity (Wildman–Crippen MR) is 113 cm³/mol. The van der Waals surface area contributed by atoms with Gasteiger partial charge in [-0.3, -0.25) is 0 Å². The van der Waals surface area contributed by atoms with Gasteiger partial charge in [0.15, 0.2) is 10.0 Å². The molecule has 0 aliphatic rings. The number of fused-ring (bicyclic) bond motifs is 1. The van der Waals surface area contributed by atoms with E-state index < -0.39 is 0 Å². The third kappa shape index (κ3) is 3.99. The van der Waals surface area contributed by atoms with Crippen LogP contribution in [0.1, 0.15) is 36.6 Å². The second kappa shape index (κ2) is 7.71. The van der Waals surface area contributed by atoms with E-state index in [4.69, 9.17) is 16.0 Å². The molecule has 0 aliphatic carbocycles. The lowest BCUT2D eigenvalue weighted by Gasteiger charge is -2.07. The Morgan fingerprint density at radius 2 is 2.00 bits per heavy atom. The van der Waals surface area contributed by atoms with Gasteiger partial charge in [-0.1, -0.05) is 31.5 Å². The molecule has 0 fully saturated rings. The molecule has 1 unspecified atom stereocenters. The van der Waals surface area contributed by atoms with Gasteiger partial charge in [-0.25, -0.2) is 9.97 Å². The van der Waals surface area contributed by atoms with Crippen molar-refractivity contribution in [3.05, 3.63) is 63.6 Å². The second-order valence-corrected chi connectivity index (χ2v) is 8.26. The van der Waals surface area contributed by atoms with Crippen molar-refractivity contribution < 1.29 is 4.42 Å². The van der Waals surface area contributed by atoms with Crippen LogP contribution in [0.5, 0.6) is 0 Å². The molecule has 4 nitrogen and oxygen atoms in total. The van der Waals surface area contributed by atoms with Crippen molar-refractivity contribution in [3.8, 4) is 11.5 Å². The number of thiazole rings is 1. The third-order valence-corrected chi connectivity index (χ3v) is 5.83. The normalized spacial score (nSPS) is 12.4. The van der Waals surface area contributed by atoms with Crippen molar-refractivity contribution in [1.29, 1.82) is 0 Å². The minimum Gasteiger partial charge on any atom is -0.436 e. The molecule has 6 heteroatoms. The van der Waals surface area contributed by atoms with Crippen LogP contribution in [0.3, 0.4) is 0 Å². The Morgan fingerprint density at radius 3 is 2.70 bits per heavy atom. The van der Waals surface area contributed by atoms with Crippen LogP contribution in [0.15, 0.2) is 53.1 Å². The first kappa shape index (κ1) is 18.0. The fraction of sp³-hybridized carbons (Fsp3) is 0.238. The van der Waals surface area contributed by atoms with Gasteiger partial charge in [-0.15, -0.1) is 11.3 Å². The average molecular weight is 398 g/mol. The van der Waals surface area contributed by atoms with Gasteiger partial charge in [-0.05, 0) is 54.3 Å². The van der Waals surface area contributed by atoms with Crippen molar-refractivity contribution in [3.63, 3.8) is 0 Å². The lowest BCUT2D eigenvalue weighted by atomic mass is 9.98. The summed E-state index contributed by atoms with van der Waals surface area (Å²) in [5, 5.41) is 3.37. The zero-order chi connectivity index (χ0) is 18.8. The van der Waals surface area contributed by atoms with Gasteiger partial charge in [-0.2, -0.15) is 0 Å². The zero-order valence-electron chi connectivity index (χ0n) is 15.2. The number of halogens is 1. The van der Waals surface area contributed by atoms with E-state index in [1.54, 1.807) is 6.20 Å². The van der Waals surface area contributed by atoms with Gasteiger partial charge < -0.3 is 9.73 Å². The van der Waals surface area contributed by atoms with Crippen molar-refractivity contribution in [1.82, 2.24) is 9.97 Å². The van der Waals surface area contributed by atoms with Crippen LogP contribution in [0.2, 0.25) is 4.47 Å². The quantitative estimate of drug-likeness (QED) is 0.391. The molecule has 2 aromatic carbocycles. The summed E-state index contributed by atoms with van der Waals surface area (Å²) >= 11 is 7.34. The number of aromatic nitrogens is 2. The predicted octanol–water partition coefficient (Wildman–Crippen LogP) is 6.73. The van der Waals surface area contributed by atoms with Gasteiger partial charge in [0.05, 0.1) is 6.54 Å². The molecular weight excluding hydrogens is 378 g/mol. The highest BCUT2D eigenvalue weighted by atomic mass is 35.5. The van der Waals surface area contributed by atoms with Crippen molar-refractivity contribution in [2.24, 2.45) is 0 Å². The van der Waals surface area contributed by atoms with Crippen LogP contribution in [-0.2, 0) is 6.54 Å². The molecule has 4 rings (SSSR count). The Balaban J connectivity index is 1.51. The molecule has 27 heavy (non-hydrogen) atoms. The maximum absolute atomic E-state index is 5.94. The summed E-state index contributed by atoms with van der Waals surface area (Å²) in [6, 6.07) is 14.4. The van der Waals surface area contributed by atoms with Crippen LogP contribution in [0.4, 0.5) is 5.69 Å². The summed E-state index contributed by atoms with van der Waals surface area (Å²) in [4.78, 5) is 9.82. The monoisotopic (exact) mass is 397 g/mol. The number of rotatable bonds is 6. The molecule has 0 bridgehead atoms. The maximum atomic E-state index is 5.94. The second-order valence-electron chi connectivity index (χ2n) is 6.57. The fourth-order valence-corrected chi connectivity index (χ4v) is 3.81. The Labute approximate surface area is 167 Å². The molecule has 2 heterocycles. The van der Waals surface area contributed by atoms with Crippen molar-refractivity contribution in [2.45, 2.75) is 32.7 Å². The molecule has 138 valence electrons. The van der Waals surface area contributed by atoms with Gasteiger partial charge >= 0.3 is 0 Å². The maximum Gasteiger partial charge on any atom is 0.227 e. The Hall–Kier alpha value is -2.37. The minimum absolute atomic E-state index is 0.522. The summed E-state index contributed by atoms with van der Waals surface area (Å²) in [6.45, 7) is 5.13. The van der Waals surface area contributed by atoms with Crippen LogP contribution < -0.4 is 5.32 Å². The van der Waals surface area contributed by atoms with Crippen LogP contribution in [0.25, 0.3) is 22.6 Å². The lowest BCUT2D eigenvalue weighted by molar-refractivity contribution is 0.619. The molecule has 2 aromatic heterocycles. The first-order chi connectivity index (χ1) is 13.1. The van der Waals surface area contributed by atoms with E-state index in [-0.39, 0.29) is 0 Å². The van der Waals surface area contributed by atoms with E-state index in [0.29, 0.717) is 22.8 Å². The summed E-state index contributed by atoms with van der Waals surface area (Å²) in [7, 11) is 0. The zero-order valence-corrected chi connectivity index (χ0v) is 16.8. The third-order valence-electron chi connectivity index (χ3n) is 4.72. The van der Waals surface area contributed by atoms with Crippen LogP contribution in [0, 0.1) is 0 Å². The van der Waals surface area contributed by atoms with Gasteiger partial charge in [0, 0.05) is 22.3 Å². The number of hydrogen-bond donors (Lipinski definition) is 1. The topological polar surface area (TPSA) is 51.0 Å². The molecule has 0 saturated carbocycles. The highest BCUT2D eigenvalue weighted by Crippen LogP contribution is 2.28. The smallest absolute Gasteiger partial charge is 0.227 e. The van der Waals surface area contributed by atoms with Crippen LogP contribution >= 0.6 is 22.9 Å². The van der Waals surface area contributed by atoms with Crippen molar-refractivity contribution >= 4 is 39.7 Å². The molecule has 0 amide bonds. The molecule has 0 aliphatic heterocycles. The Bertz CT molecular complexity index is 1050. The van der Waals surface area contributed by atoms with Gasteiger partial charge in [0.2, 0.25) is 5.89 Å². The summed E-state index contributed by atoms with van der Waals surface area (Å²) in [5.74, 6) is 1.17. The number of nitrogens with zero attached hydrogens (tertiary/aromatic N) is 2. The fourth-order valence-electron chi connectivity index (χ4n) is 2.90. The standard InChI is InChI=1S/C21H20ClN3OS/c1-3-13(2)15-6-9-19-18(10-15)25-20(26-19)14-4-7-16(8-5-14)23-11-17-12-24-21(22)27-17/h4-10,12-13,23H,3,11H2,1-2H3. The minimum atomic E-state index is 0.522. The number of anilines is 1. The molecule has 0 saturated heterocycles. The summed E-state index contributed by atoms with van der Waals surface area (Å²) < 4.78 is 6.51. The van der Waals surface area contributed by atoms with Gasteiger partial charge in [0.1, 0.15) is 5.52 Å². The largest absolute Gasteiger partial charge is 0.436 e. The molecule has 0 spiro atoms. The first-order valence-electron chi connectivity index (χ1n) is 8.97. The van der Waals surface area contributed by atoms with Crippen molar-refractivity contribution in [2.75, 3.05) is 5.32 Å². The number of hydrogen-bond acceptors (Lipinski definition) is 5. The van der Waals surface area contributed by atoms with E-state index in [1.807, 2.05) is 30.3 Å². The van der Waals surface area contributed by atoms with E-state index in [0.717, 1.165) is 33.6 Å². The molecule has 1 N–H and O–H groups in total. The molecule has 4 aromatic rings. The van der Waals surface area contributed by atoms with E-state index in [9.17, 15) is 0 Å². The van der Waals surface area contributed by atoms with E-state index in [2.05, 4.69) is 41.3 Å². The SMILES string of the molecule is CCC(C)c1ccc2oc(-c3ccc(NCc4cnc(Cl)s4)cc3)nc2c1. The molecule has 0 radical (unpaired) electrons. The average Bonchev–Trinajstić information content (AvgIpc) is 3.31. The van der Waals surface area contributed by atoms with E-state index >= 15 is 0 Å². The number of oxazole rings is 1. The number of benzene rings is 2. The highest BCUT2D eigenvalue weighted by molar-refractivity contribution is 7.15. The Kier molecular flexibility index (Phi) is 5.14. The summed E-state index contributed by atoms with van der Waals surface area (Å²) in [6.07, 6.45) is 2.90. The van der Waals surface area contributed by atoms with Crippen LogP contribution in [-0.4, -0.2) is 9.97 Å². The lowest BCUT2D eigenvalue weighted by Crippen LogP contribution is -1.96. The first-order valence-corrected chi connectivity index (χ1v) is 10.2.